The fourth-order valence-corrected chi connectivity index (χ4v) is 3.12. The number of carbonyl (C=O) groups excluding carboxylic acids is 1. The van der Waals surface area contributed by atoms with Crippen LogP contribution in [0.2, 0.25) is 0 Å². The first kappa shape index (κ1) is 20.2. The van der Waals surface area contributed by atoms with Crippen LogP contribution in [0, 0.1) is 6.92 Å². The van der Waals surface area contributed by atoms with E-state index in [1.807, 2.05) is 18.2 Å². The number of aryl methyl sites for hydroxylation is 1. The van der Waals surface area contributed by atoms with E-state index in [1.54, 1.807) is 44.8 Å². The molecule has 0 saturated carbocycles. The number of hydrogen-bond acceptors (Lipinski definition) is 5. The molecule has 3 rings (SSSR count). The molecule has 0 radical (unpaired) electrons. The molecule has 0 aliphatic carbocycles. The van der Waals surface area contributed by atoms with Gasteiger partial charge in [0.15, 0.2) is 0 Å². The maximum Gasteiger partial charge on any atom is 0.257 e. The van der Waals surface area contributed by atoms with Crippen LogP contribution in [0.25, 0.3) is 0 Å². The smallest absolute Gasteiger partial charge is 0.257 e. The first-order valence-electron chi connectivity index (χ1n) is 9.38. The number of rotatable bonds is 7. The number of anilines is 3. The average molecular weight is 391 g/mol. The van der Waals surface area contributed by atoms with Gasteiger partial charge < -0.3 is 19.7 Å². The number of methoxy groups -OCH3 is 2. The number of nitrogens with zero attached hydrogens (tertiary/aromatic N) is 2. The normalized spacial score (nSPS) is 10.3. The molecule has 6 nitrogen and oxygen atoms in total. The number of ether oxygens (including phenoxy) is 2. The number of carbonyl (C=O) groups is 1. The van der Waals surface area contributed by atoms with Gasteiger partial charge >= 0.3 is 0 Å². The zero-order valence-electron chi connectivity index (χ0n) is 17.1. The summed E-state index contributed by atoms with van der Waals surface area (Å²) in [5, 5.41) is 2.88. The van der Waals surface area contributed by atoms with Crippen LogP contribution in [-0.4, -0.2) is 31.7 Å². The van der Waals surface area contributed by atoms with Gasteiger partial charge in [-0.15, -0.1) is 0 Å². The summed E-state index contributed by atoms with van der Waals surface area (Å²) in [4.78, 5) is 19.3. The van der Waals surface area contributed by atoms with Gasteiger partial charge in [-0.2, -0.15) is 0 Å². The van der Waals surface area contributed by atoms with Crippen molar-refractivity contribution in [3.05, 3.63) is 72.1 Å². The molecule has 0 atom stereocenters. The predicted octanol–water partition coefficient (Wildman–Crippen LogP) is 4.82. The highest BCUT2D eigenvalue weighted by molar-refractivity contribution is 6.05. The maximum atomic E-state index is 12.9. The van der Waals surface area contributed by atoms with E-state index in [0.717, 1.165) is 17.9 Å². The van der Waals surface area contributed by atoms with E-state index in [2.05, 4.69) is 41.2 Å². The van der Waals surface area contributed by atoms with Crippen LogP contribution in [0.1, 0.15) is 22.8 Å². The van der Waals surface area contributed by atoms with Crippen molar-refractivity contribution in [2.75, 3.05) is 31.0 Å². The van der Waals surface area contributed by atoms with Gasteiger partial charge in [-0.05, 0) is 49.7 Å². The summed E-state index contributed by atoms with van der Waals surface area (Å²) in [6.07, 6.45) is 3.31. The Kier molecular flexibility index (Phi) is 6.34. The van der Waals surface area contributed by atoms with Crippen LogP contribution < -0.4 is 19.7 Å². The van der Waals surface area contributed by atoms with Crippen molar-refractivity contribution in [1.82, 2.24) is 4.98 Å². The van der Waals surface area contributed by atoms with Crippen molar-refractivity contribution in [3.63, 3.8) is 0 Å². The number of nitrogens with one attached hydrogen (secondary N) is 1. The third-order valence-electron chi connectivity index (χ3n) is 4.58. The van der Waals surface area contributed by atoms with Crippen LogP contribution in [0.4, 0.5) is 17.1 Å². The van der Waals surface area contributed by atoms with Gasteiger partial charge in [0.05, 0.1) is 37.4 Å². The highest BCUT2D eigenvalue weighted by atomic mass is 16.5. The van der Waals surface area contributed by atoms with E-state index in [4.69, 9.17) is 9.47 Å². The van der Waals surface area contributed by atoms with Crippen LogP contribution in [-0.2, 0) is 0 Å². The second kappa shape index (κ2) is 9.10. The Balaban J connectivity index is 1.88. The lowest BCUT2D eigenvalue weighted by atomic mass is 10.1. The molecular weight excluding hydrogens is 366 g/mol. The second-order valence-electron chi connectivity index (χ2n) is 6.54. The number of aromatic nitrogens is 1. The molecule has 1 N–H and O–H groups in total. The molecule has 0 aliphatic heterocycles. The molecule has 1 aromatic heterocycles. The third-order valence-corrected chi connectivity index (χ3v) is 4.58. The number of amides is 1. The van der Waals surface area contributed by atoms with Crippen LogP contribution in [0.15, 0.2) is 60.9 Å². The lowest BCUT2D eigenvalue weighted by Gasteiger charge is -2.23. The van der Waals surface area contributed by atoms with Crippen molar-refractivity contribution < 1.29 is 14.3 Å². The highest BCUT2D eigenvalue weighted by Gasteiger charge is 2.14. The largest absolute Gasteiger partial charge is 0.497 e. The van der Waals surface area contributed by atoms with Gasteiger partial charge in [0.1, 0.15) is 11.5 Å². The molecule has 1 amide bonds. The highest BCUT2D eigenvalue weighted by Crippen LogP contribution is 2.30. The molecule has 0 unspecified atom stereocenters. The molecule has 29 heavy (non-hydrogen) atoms. The Hall–Kier alpha value is -3.54. The monoisotopic (exact) mass is 391 g/mol. The molecule has 0 aliphatic rings. The fourth-order valence-electron chi connectivity index (χ4n) is 3.12. The van der Waals surface area contributed by atoms with Crippen molar-refractivity contribution in [2.24, 2.45) is 0 Å². The van der Waals surface area contributed by atoms with E-state index in [0.29, 0.717) is 22.7 Å². The van der Waals surface area contributed by atoms with E-state index >= 15 is 0 Å². The average Bonchev–Trinajstić information content (AvgIpc) is 2.74. The van der Waals surface area contributed by atoms with E-state index < -0.39 is 0 Å². The minimum atomic E-state index is -0.272. The first-order chi connectivity index (χ1) is 14.0. The van der Waals surface area contributed by atoms with E-state index in [1.165, 1.54) is 5.56 Å². The Morgan fingerprint density at radius 2 is 1.86 bits per heavy atom. The predicted molar refractivity (Wildman–Crippen MR) is 116 cm³/mol. The molecule has 6 heteroatoms. The Morgan fingerprint density at radius 1 is 1.03 bits per heavy atom. The topological polar surface area (TPSA) is 63.7 Å². The minimum Gasteiger partial charge on any atom is -0.497 e. The minimum absolute atomic E-state index is 0.272. The van der Waals surface area contributed by atoms with Crippen molar-refractivity contribution >= 4 is 23.0 Å². The molecule has 0 bridgehead atoms. The fraction of sp³-hybridized carbons (Fsp3) is 0.217. The molecule has 0 spiro atoms. The van der Waals surface area contributed by atoms with Crippen molar-refractivity contribution in [3.8, 4) is 11.5 Å². The standard InChI is InChI=1S/C23H25N3O3/c1-5-26(18-8-6-7-16(2)11-18)19-12-17(14-24-15-19)23(27)25-21-13-20(28-3)9-10-22(21)29-4/h6-15H,5H2,1-4H3,(H,25,27). The molecule has 0 fully saturated rings. The SMILES string of the molecule is CCN(c1cccc(C)c1)c1cncc(C(=O)Nc2cc(OC)ccc2OC)c1. The summed E-state index contributed by atoms with van der Waals surface area (Å²) >= 11 is 0. The second-order valence-corrected chi connectivity index (χ2v) is 6.54. The lowest BCUT2D eigenvalue weighted by molar-refractivity contribution is 0.102. The lowest BCUT2D eigenvalue weighted by Crippen LogP contribution is -2.18. The third kappa shape index (κ3) is 4.66. The zero-order valence-corrected chi connectivity index (χ0v) is 17.1. The molecule has 150 valence electrons. The van der Waals surface area contributed by atoms with Crippen LogP contribution >= 0.6 is 0 Å². The number of benzene rings is 2. The summed E-state index contributed by atoms with van der Waals surface area (Å²) in [5.74, 6) is 0.911. The van der Waals surface area contributed by atoms with Crippen LogP contribution in [0.5, 0.6) is 11.5 Å². The molecule has 0 saturated heterocycles. The van der Waals surface area contributed by atoms with Gasteiger partial charge in [-0.3, -0.25) is 9.78 Å². The Bertz CT molecular complexity index is 1000. The summed E-state index contributed by atoms with van der Waals surface area (Å²) in [6, 6.07) is 15.3. The molecule has 1 heterocycles. The molecule has 3 aromatic rings. The Labute approximate surface area is 171 Å². The summed E-state index contributed by atoms with van der Waals surface area (Å²) in [6.45, 7) is 4.87. The summed E-state index contributed by atoms with van der Waals surface area (Å²) in [5.41, 5.74) is 4.07. The zero-order chi connectivity index (χ0) is 20.8. The van der Waals surface area contributed by atoms with Gasteiger partial charge in [0.25, 0.3) is 5.91 Å². The number of pyridine rings is 1. The van der Waals surface area contributed by atoms with E-state index in [-0.39, 0.29) is 5.91 Å². The Morgan fingerprint density at radius 3 is 2.55 bits per heavy atom. The van der Waals surface area contributed by atoms with E-state index in [9.17, 15) is 4.79 Å². The van der Waals surface area contributed by atoms with Gasteiger partial charge in [-0.25, -0.2) is 0 Å². The quantitative estimate of drug-likeness (QED) is 0.626. The van der Waals surface area contributed by atoms with Crippen molar-refractivity contribution in [2.45, 2.75) is 13.8 Å². The van der Waals surface area contributed by atoms with Crippen LogP contribution in [0.3, 0.4) is 0 Å². The van der Waals surface area contributed by atoms with Crippen molar-refractivity contribution in [1.29, 1.82) is 0 Å². The van der Waals surface area contributed by atoms with Gasteiger partial charge in [0, 0.05) is 24.5 Å². The summed E-state index contributed by atoms with van der Waals surface area (Å²) in [7, 11) is 3.13. The van der Waals surface area contributed by atoms with Gasteiger partial charge in [0.2, 0.25) is 0 Å². The number of hydrogen-bond donors (Lipinski definition) is 1. The molecule has 2 aromatic carbocycles. The summed E-state index contributed by atoms with van der Waals surface area (Å²) < 4.78 is 10.6. The maximum absolute atomic E-state index is 12.9. The first-order valence-corrected chi connectivity index (χ1v) is 9.38. The van der Waals surface area contributed by atoms with Gasteiger partial charge in [-0.1, -0.05) is 12.1 Å². The molecular formula is C23H25N3O3.